The molecule has 0 unspecified atom stereocenters. The minimum absolute atomic E-state index is 0.124. The van der Waals surface area contributed by atoms with Crippen molar-refractivity contribution in [3.05, 3.63) is 35.6 Å². The van der Waals surface area contributed by atoms with E-state index in [1.54, 1.807) is 13.8 Å². The van der Waals surface area contributed by atoms with Crippen LogP contribution >= 0.6 is 0 Å². The van der Waals surface area contributed by atoms with Crippen LogP contribution in [0.25, 0.3) is 0 Å². The van der Waals surface area contributed by atoms with Crippen LogP contribution in [0.15, 0.2) is 24.3 Å². The summed E-state index contributed by atoms with van der Waals surface area (Å²) < 4.78 is 17.5. The van der Waals surface area contributed by atoms with E-state index in [1.165, 1.54) is 24.3 Å². The van der Waals surface area contributed by atoms with Gasteiger partial charge in [-0.1, -0.05) is 19.1 Å². The van der Waals surface area contributed by atoms with Crippen LogP contribution in [0.2, 0.25) is 0 Å². The van der Waals surface area contributed by atoms with E-state index in [0.717, 1.165) is 0 Å². The van der Waals surface area contributed by atoms with Crippen LogP contribution in [0, 0.1) is 11.7 Å². The fourth-order valence-corrected chi connectivity index (χ4v) is 1.71. The molecule has 0 aliphatic carbocycles. The van der Waals surface area contributed by atoms with Gasteiger partial charge in [-0.15, -0.1) is 0 Å². The number of esters is 1. The summed E-state index contributed by atoms with van der Waals surface area (Å²) in [6.07, 6.45) is 0. The second-order valence-electron chi connectivity index (χ2n) is 3.91. The van der Waals surface area contributed by atoms with Crippen LogP contribution in [0.3, 0.4) is 0 Å². The van der Waals surface area contributed by atoms with E-state index in [4.69, 9.17) is 9.84 Å². The number of carbonyl (C=O) groups is 2. The van der Waals surface area contributed by atoms with Crippen LogP contribution in [0.1, 0.15) is 25.3 Å². The summed E-state index contributed by atoms with van der Waals surface area (Å²) in [4.78, 5) is 22.7. The van der Waals surface area contributed by atoms with Gasteiger partial charge in [0, 0.05) is 5.92 Å². The van der Waals surface area contributed by atoms with Crippen molar-refractivity contribution in [1.82, 2.24) is 0 Å². The molecule has 1 aromatic rings. The third-order valence-electron chi connectivity index (χ3n) is 2.70. The summed E-state index contributed by atoms with van der Waals surface area (Å²) in [5.74, 6) is -4.29. The van der Waals surface area contributed by atoms with Crippen molar-refractivity contribution in [3.8, 4) is 0 Å². The van der Waals surface area contributed by atoms with Crippen LogP contribution in [0.4, 0.5) is 4.39 Å². The van der Waals surface area contributed by atoms with Crippen LogP contribution < -0.4 is 0 Å². The monoisotopic (exact) mass is 254 g/mol. The summed E-state index contributed by atoms with van der Waals surface area (Å²) in [7, 11) is 0. The van der Waals surface area contributed by atoms with Gasteiger partial charge in [0.15, 0.2) is 5.92 Å². The Kier molecular flexibility index (Phi) is 4.83. The van der Waals surface area contributed by atoms with Gasteiger partial charge in [-0.3, -0.25) is 9.59 Å². The zero-order valence-corrected chi connectivity index (χ0v) is 10.2. The normalized spacial score (nSPS) is 13.7. The molecule has 0 radical (unpaired) electrons. The third kappa shape index (κ3) is 3.29. The Balaban J connectivity index is 2.95. The Hall–Kier alpha value is -1.91. The first kappa shape index (κ1) is 14.2. The lowest BCUT2D eigenvalue weighted by Crippen LogP contribution is -2.30. The number of hydrogen-bond donors (Lipinski definition) is 1. The number of rotatable bonds is 5. The van der Waals surface area contributed by atoms with E-state index >= 15 is 0 Å². The molecular formula is C13H15FO4. The maximum Gasteiger partial charge on any atom is 0.320 e. The number of carbonyl (C=O) groups excluding carboxylic acids is 1. The summed E-state index contributed by atoms with van der Waals surface area (Å²) in [5, 5.41) is 9.08. The van der Waals surface area contributed by atoms with E-state index in [9.17, 15) is 14.0 Å². The highest BCUT2D eigenvalue weighted by Crippen LogP contribution is 2.26. The Morgan fingerprint density at radius 3 is 2.33 bits per heavy atom. The van der Waals surface area contributed by atoms with Crippen molar-refractivity contribution in [2.24, 2.45) is 5.92 Å². The van der Waals surface area contributed by atoms with Gasteiger partial charge in [0.2, 0.25) is 0 Å². The molecule has 0 aliphatic heterocycles. The smallest absolute Gasteiger partial charge is 0.320 e. The minimum atomic E-state index is -1.28. The van der Waals surface area contributed by atoms with Gasteiger partial charge in [0.05, 0.1) is 6.61 Å². The molecule has 1 rings (SSSR count). The number of halogens is 1. The molecular weight excluding hydrogens is 239 g/mol. The Morgan fingerprint density at radius 1 is 1.33 bits per heavy atom. The molecule has 1 aromatic carbocycles. The van der Waals surface area contributed by atoms with E-state index in [-0.39, 0.29) is 6.61 Å². The first-order valence-electron chi connectivity index (χ1n) is 5.62. The number of benzene rings is 1. The minimum Gasteiger partial charge on any atom is -0.481 e. The molecule has 4 nitrogen and oxygen atoms in total. The predicted molar refractivity (Wildman–Crippen MR) is 62.6 cm³/mol. The maximum absolute atomic E-state index is 12.8. The average molecular weight is 254 g/mol. The number of carboxylic acid groups (broad SMARTS) is 1. The first-order chi connectivity index (χ1) is 8.47. The van der Waals surface area contributed by atoms with E-state index in [0.29, 0.717) is 5.56 Å². The fraction of sp³-hybridized carbons (Fsp3) is 0.385. The molecule has 98 valence electrons. The van der Waals surface area contributed by atoms with Crippen LogP contribution in [-0.2, 0) is 14.3 Å². The molecule has 0 amide bonds. The molecule has 0 heterocycles. The molecule has 18 heavy (non-hydrogen) atoms. The predicted octanol–water partition coefficient (Wildman–Crippen LogP) is 2.19. The van der Waals surface area contributed by atoms with Crippen molar-refractivity contribution < 1.29 is 23.8 Å². The molecule has 1 N–H and O–H groups in total. The standard InChI is InChI=1S/C13H15FO4/c1-3-18-13(17)11(12(15)16)8(2)9-4-6-10(14)7-5-9/h4-8,11H,3H2,1-2H3,(H,15,16)/t8-,11-/m0/s1. The van der Waals surface area contributed by atoms with E-state index in [1.807, 2.05) is 0 Å². The van der Waals surface area contributed by atoms with Gasteiger partial charge < -0.3 is 9.84 Å². The summed E-state index contributed by atoms with van der Waals surface area (Å²) in [6.45, 7) is 3.33. The van der Waals surface area contributed by atoms with Gasteiger partial charge in [0.1, 0.15) is 5.82 Å². The summed E-state index contributed by atoms with van der Waals surface area (Å²) >= 11 is 0. The van der Waals surface area contributed by atoms with Crippen molar-refractivity contribution in [2.75, 3.05) is 6.61 Å². The van der Waals surface area contributed by atoms with Gasteiger partial charge in [-0.25, -0.2) is 4.39 Å². The Bertz CT molecular complexity index is 427. The second-order valence-corrected chi connectivity index (χ2v) is 3.91. The van der Waals surface area contributed by atoms with E-state index < -0.39 is 29.6 Å². The second kappa shape index (κ2) is 6.14. The van der Waals surface area contributed by atoms with Crippen molar-refractivity contribution in [2.45, 2.75) is 19.8 Å². The largest absolute Gasteiger partial charge is 0.481 e. The zero-order valence-electron chi connectivity index (χ0n) is 10.2. The highest BCUT2D eigenvalue weighted by atomic mass is 19.1. The first-order valence-corrected chi connectivity index (χ1v) is 5.62. The van der Waals surface area contributed by atoms with Gasteiger partial charge >= 0.3 is 11.9 Å². The Morgan fingerprint density at radius 2 is 1.89 bits per heavy atom. The summed E-state index contributed by atoms with van der Waals surface area (Å²) in [6, 6.07) is 5.40. The molecule has 0 bridgehead atoms. The molecule has 0 saturated heterocycles. The molecule has 0 saturated carbocycles. The van der Waals surface area contributed by atoms with E-state index in [2.05, 4.69) is 0 Å². The number of carboxylic acids is 1. The summed E-state index contributed by atoms with van der Waals surface area (Å²) in [5.41, 5.74) is 0.580. The molecule has 5 heteroatoms. The van der Waals surface area contributed by atoms with Gasteiger partial charge in [-0.2, -0.15) is 0 Å². The molecule has 0 aromatic heterocycles. The average Bonchev–Trinajstić information content (AvgIpc) is 2.29. The van der Waals surface area contributed by atoms with Crippen molar-refractivity contribution in [1.29, 1.82) is 0 Å². The van der Waals surface area contributed by atoms with Crippen LogP contribution in [0.5, 0.6) is 0 Å². The van der Waals surface area contributed by atoms with Crippen LogP contribution in [-0.4, -0.2) is 23.7 Å². The topological polar surface area (TPSA) is 63.6 Å². The van der Waals surface area contributed by atoms with Gasteiger partial charge in [0.25, 0.3) is 0 Å². The SMILES string of the molecule is CCOC(=O)[C@H](C(=O)O)[C@@H](C)c1ccc(F)cc1. The van der Waals surface area contributed by atoms with Gasteiger partial charge in [-0.05, 0) is 24.6 Å². The highest BCUT2D eigenvalue weighted by molar-refractivity contribution is 5.95. The van der Waals surface area contributed by atoms with Crippen molar-refractivity contribution >= 4 is 11.9 Å². The van der Waals surface area contributed by atoms with Crippen molar-refractivity contribution in [3.63, 3.8) is 0 Å². The molecule has 0 fully saturated rings. The number of aliphatic carboxylic acids is 1. The number of hydrogen-bond acceptors (Lipinski definition) is 3. The Labute approximate surface area is 104 Å². The lowest BCUT2D eigenvalue weighted by Gasteiger charge is -2.18. The molecule has 2 atom stereocenters. The lowest BCUT2D eigenvalue weighted by atomic mass is 9.87. The zero-order chi connectivity index (χ0) is 13.7. The number of ether oxygens (including phenoxy) is 1. The molecule has 0 spiro atoms. The lowest BCUT2D eigenvalue weighted by molar-refractivity contribution is -0.159. The maximum atomic E-state index is 12.8. The highest BCUT2D eigenvalue weighted by Gasteiger charge is 2.34. The third-order valence-corrected chi connectivity index (χ3v) is 2.70. The quantitative estimate of drug-likeness (QED) is 0.646. The molecule has 0 aliphatic rings. The fourth-order valence-electron chi connectivity index (χ4n) is 1.71.